The second-order valence-corrected chi connectivity index (χ2v) is 5.09. The van der Waals surface area contributed by atoms with Gasteiger partial charge in [-0.3, -0.25) is 0 Å². The molecule has 2 aromatic rings. The fourth-order valence-corrected chi connectivity index (χ4v) is 2.25. The van der Waals surface area contributed by atoms with Crippen molar-refractivity contribution in [1.82, 2.24) is 0 Å². The van der Waals surface area contributed by atoms with E-state index >= 15 is 0 Å². The average Bonchev–Trinajstić information content (AvgIpc) is 2.47. The molecule has 0 aromatic heterocycles. The molecular weight excluding hydrogens is 311 g/mol. The van der Waals surface area contributed by atoms with Gasteiger partial charge in [0.1, 0.15) is 0 Å². The third-order valence-corrected chi connectivity index (χ3v) is 3.48. The first-order valence-electron chi connectivity index (χ1n) is 6.95. The lowest BCUT2D eigenvalue weighted by Gasteiger charge is -2.12. The zero-order valence-corrected chi connectivity index (χ0v) is 13.0. The van der Waals surface area contributed by atoms with Crippen LogP contribution in [0.3, 0.4) is 0 Å². The first-order chi connectivity index (χ1) is 9.91. The van der Waals surface area contributed by atoms with Crippen LogP contribution in [0.1, 0.15) is 36.9 Å². The molecule has 0 radical (unpaired) electrons. The highest BCUT2D eigenvalue weighted by atomic mass is 35.5. The highest BCUT2D eigenvalue weighted by Gasteiger charge is 2.29. The third-order valence-electron chi connectivity index (χ3n) is 3.48. The van der Waals surface area contributed by atoms with E-state index in [1.165, 1.54) is 12.1 Å². The van der Waals surface area contributed by atoms with Crippen LogP contribution in [0.25, 0.3) is 11.1 Å². The number of hydrogen-bond acceptors (Lipinski definition) is 1. The summed E-state index contributed by atoms with van der Waals surface area (Å²) in [6, 6.07) is 12.9. The summed E-state index contributed by atoms with van der Waals surface area (Å²) in [7, 11) is 0. The van der Waals surface area contributed by atoms with E-state index in [0.717, 1.165) is 41.7 Å². The quantitative estimate of drug-likeness (QED) is 0.777. The van der Waals surface area contributed by atoms with Gasteiger partial charge in [0.25, 0.3) is 0 Å². The van der Waals surface area contributed by atoms with Crippen LogP contribution in [0.5, 0.6) is 0 Å². The lowest BCUT2D eigenvalue weighted by molar-refractivity contribution is -0.137. The van der Waals surface area contributed by atoms with Gasteiger partial charge in [-0.25, -0.2) is 0 Å². The molecule has 0 aliphatic rings. The molecule has 2 aromatic carbocycles. The number of alkyl halides is 3. The van der Waals surface area contributed by atoms with Crippen LogP contribution in [-0.2, 0) is 6.18 Å². The van der Waals surface area contributed by atoms with Gasteiger partial charge in [-0.1, -0.05) is 49.7 Å². The molecule has 22 heavy (non-hydrogen) atoms. The van der Waals surface area contributed by atoms with Gasteiger partial charge in [-0.05, 0) is 35.2 Å². The first-order valence-corrected chi connectivity index (χ1v) is 6.95. The summed E-state index contributed by atoms with van der Waals surface area (Å²) in [5.74, 6) is 0. The smallest absolute Gasteiger partial charge is 0.324 e. The van der Waals surface area contributed by atoms with Gasteiger partial charge in [0, 0.05) is 6.04 Å². The maximum absolute atomic E-state index is 12.5. The van der Waals surface area contributed by atoms with E-state index < -0.39 is 11.7 Å². The summed E-state index contributed by atoms with van der Waals surface area (Å²) < 4.78 is 37.6. The van der Waals surface area contributed by atoms with Crippen LogP contribution in [-0.4, -0.2) is 0 Å². The lowest BCUT2D eigenvalue weighted by atomic mass is 9.98. The molecular formula is C17H19ClF3N. The highest BCUT2D eigenvalue weighted by molar-refractivity contribution is 5.85. The normalized spacial score (nSPS) is 12.6. The zero-order valence-electron chi connectivity index (χ0n) is 12.2. The Labute approximate surface area is 134 Å². The van der Waals surface area contributed by atoms with Crippen molar-refractivity contribution >= 4 is 12.4 Å². The van der Waals surface area contributed by atoms with Crippen molar-refractivity contribution in [2.45, 2.75) is 32.0 Å². The Hall–Kier alpha value is -1.52. The Morgan fingerprint density at radius 2 is 1.36 bits per heavy atom. The van der Waals surface area contributed by atoms with Crippen molar-refractivity contribution in [3.8, 4) is 11.1 Å². The van der Waals surface area contributed by atoms with Crippen LogP contribution in [0, 0.1) is 0 Å². The van der Waals surface area contributed by atoms with Crippen molar-refractivity contribution in [1.29, 1.82) is 0 Å². The number of nitrogens with two attached hydrogens (primary N) is 1. The molecule has 5 heteroatoms. The van der Waals surface area contributed by atoms with Gasteiger partial charge >= 0.3 is 6.18 Å². The van der Waals surface area contributed by atoms with E-state index in [1.807, 2.05) is 24.3 Å². The summed E-state index contributed by atoms with van der Waals surface area (Å²) in [6.07, 6.45) is -2.36. The molecule has 2 N–H and O–H groups in total. The van der Waals surface area contributed by atoms with E-state index in [2.05, 4.69) is 6.92 Å². The van der Waals surface area contributed by atoms with Gasteiger partial charge in [0.2, 0.25) is 0 Å². The number of hydrogen-bond donors (Lipinski definition) is 1. The predicted molar refractivity (Wildman–Crippen MR) is 86.0 cm³/mol. The molecule has 0 fully saturated rings. The molecule has 2 rings (SSSR count). The zero-order chi connectivity index (χ0) is 15.5. The largest absolute Gasteiger partial charge is 0.416 e. The summed E-state index contributed by atoms with van der Waals surface area (Å²) in [5, 5.41) is 0. The lowest BCUT2D eigenvalue weighted by Crippen LogP contribution is -2.09. The van der Waals surface area contributed by atoms with Crippen LogP contribution in [0.2, 0.25) is 0 Å². The topological polar surface area (TPSA) is 26.0 Å². The van der Waals surface area contributed by atoms with Crippen molar-refractivity contribution in [3.63, 3.8) is 0 Å². The maximum Gasteiger partial charge on any atom is 0.416 e. The molecule has 1 atom stereocenters. The van der Waals surface area contributed by atoms with Crippen molar-refractivity contribution in [2.75, 3.05) is 0 Å². The Morgan fingerprint density at radius 3 is 1.77 bits per heavy atom. The summed E-state index contributed by atoms with van der Waals surface area (Å²) >= 11 is 0. The molecule has 1 nitrogen and oxygen atoms in total. The predicted octanol–water partition coefficient (Wildman–Crippen LogP) is 5.59. The fourth-order valence-electron chi connectivity index (χ4n) is 2.25. The minimum absolute atomic E-state index is 0. The van der Waals surface area contributed by atoms with Gasteiger partial charge in [-0.2, -0.15) is 13.2 Å². The molecule has 0 heterocycles. The Bertz CT molecular complexity index is 576. The van der Waals surface area contributed by atoms with E-state index in [-0.39, 0.29) is 18.4 Å². The molecule has 120 valence electrons. The van der Waals surface area contributed by atoms with Gasteiger partial charge < -0.3 is 5.73 Å². The first kappa shape index (κ1) is 18.5. The van der Waals surface area contributed by atoms with Crippen molar-refractivity contribution in [2.24, 2.45) is 5.73 Å². The molecule has 0 amide bonds. The maximum atomic E-state index is 12.5. The number of halogens is 4. The van der Waals surface area contributed by atoms with E-state index in [1.54, 1.807) is 0 Å². The monoisotopic (exact) mass is 329 g/mol. The summed E-state index contributed by atoms with van der Waals surface area (Å²) in [4.78, 5) is 0. The van der Waals surface area contributed by atoms with E-state index in [4.69, 9.17) is 5.73 Å². The SMILES string of the molecule is CCC[C@@H](N)c1ccc(-c2ccc(C(F)(F)F)cc2)cc1.Cl. The molecule has 0 bridgehead atoms. The van der Waals surface area contributed by atoms with Crippen LogP contribution >= 0.6 is 12.4 Å². The standard InChI is InChI=1S/C17H18F3N.ClH/c1-2-3-16(21)14-6-4-12(5-7-14)13-8-10-15(11-9-13)17(18,19)20;/h4-11,16H,2-3,21H2,1H3;1H/t16-;/m1./s1. The molecule has 0 saturated heterocycles. The average molecular weight is 330 g/mol. The van der Waals surface area contributed by atoms with Crippen molar-refractivity contribution < 1.29 is 13.2 Å². The Balaban J connectivity index is 0.00000242. The van der Waals surface area contributed by atoms with E-state index in [9.17, 15) is 13.2 Å². The van der Waals surface area contributed by atoms with E-state index in [0.29, 0.717) is 0 Å². The van der Waals surface area contributed by atoms with Crippen molar-refractivity contribution in [3.05, 3.63) is 59.7 Å². The minimum Gasteiger partial charge on any atom is -0.324 e. The second kappa shape index (κ2) is 7.65. The van der Waals surface area contributed by atoms with Gasteiger partial charge in [0.15, 0.2) is 0 Å². The number of rotatable bonds is 4. The molecule has 0 aliphatic carbocycles. The molecule has 0 aliphatic heterocycles. The molecule has 0 spiro atoms. The van der Waals surface area contributed by atoms with Crippen LogP contribution in [0.15, 0.2) is 48.5 Å². The minimum atomic E-state index is -4.30. The third kappa shape index (κ3) is 4.49. The fraction of sp³-hybridized carbons (Fsp3) is 0.294. The van der Waals surface area contributed by atoms with Gasteiger partial charge in [0.05, 0.1) is 5.56 Å². The second-order valence-electron chi connectivity index (χ2n) is 5.09. The molecule has 0 unspecified atom stereocenters. The summed E-state index contributed by atoms with van der Waals surface area (Å²) in [6.45, 7) is 2.08. The molecule has 0 saturated carbocycles. The van der Waals surface area contributed by atoms with Crippen LogP contribution < -0.4 is 5.73 Å². The van der Waals surface area contributed by atoms with Gasteiger partial charge in [-0.15, -0.1) is 12.4 Å². The number of benzene rings is 2. The summed E-state index contributed by atoms with van der Waals surface area (Å²) in [5.41, 5.74) is 8.10. The Kier molecular flexibility index (Phi) is 6.45. The Morgan fingerprint density at radius 1 is 0.909 bits per heavy atom. The van der Waals surface area contributed by atoms with Crippen LogP contribution in [0.4, 0.5) is 13.2 Å². The highest BCUT2D eigenvalue weighted by Crippen LogP contribution is 2.31.